The van der Waals surface area contributed by atoms with Crippen LogP contribution in [0.2, 0.25) is 0 Å². The molecule has 0 aliphatic carbocycles. The maximum atomic E-state index is 14.1. The van der Waals surface area contributed by atoms with Crippen molar-refractivity contribution in [3.8, 4) is 5.75 Å². The van der Waals surface area contributed by atoms with Crippen LogP contribution in [0.25, 0.3) is 0 Å². The molecule has 1 fully saturated rings. The van der Waals surface area contributed by atoms with E-state index in [1.807, 2.05) is 18.2 Å². The maximum Gasteiger partial charge on any atom is 0.213 e. The largest absolute Gasteiger partial charge is 0.489 e. The van der Waals surface area contributed by atoms with E-state index in [1.54, 1.807) is 24.1 Å². The molecule has 5 rings (SSSR count). The average molecular weight is 675 g/mol. The van der Waals surface area contributed by atoms with E-state index in [0.717, 1.165) is 86.9 Å². The molecule has 0 unspecified atom stereocenters. The predicted molar refractivity (Wildman–Crippen MR) is 195 cm³/mol. The Morgan fingerprint density at radius 1 is 0.917 bits per heavy atom. The van der Waals surface area contributed by atoms with Gasteiger partial charge in [0.1, 0.15) is 18.9 Å². The minimum atomic E-state index is -3.53. The van der Waals surface area contributed by atoms with E-state index in [2.05, 4.69) is 62.1 Å². The standard InChI is InChI=1S/C40H55N3O4S/c1-5-8-20-40(21-9-6-2)27-38(37-26-35(41(4)31-44)16-19-39(37)48(45,46)30-40)34-14-17-36(18-15-34)47-29-33-12-10-32(11-13-33)28-43-24-22-42(7-3)23-25-43/h10-19,26,31,38H,5-9,20-25,27-30H2,1-4H3/p+1/t38-/m1/s1. The first-order valence-corrected chi connectivity index (χ1v) is 19.8. The minimum Gasteiger partial charge on any atom is -0.489 e. The van der Waals surface area contributed by atoms with Gasteiger partial charge in [-0.15, -0.1) is 0 Å². The molecular formula is C40H56N3O4S+. The Kier molecular flexibility index (Phi) is 12.4. The van der Waals surface area contributed by atoms with Crippen molar-refractivity contribution in [1.82, 2.24) is 4.90 Å². The second-order valence-electron chi connectivity index (χ2n) is 14.2. The summed E-state index contributed by atoms with van der Waals surface area (Å²) >= 11 is 0. The molecule has 3 aromatic carbocycles. The zero-order chi connectivity index (χ0) is 34.1. The number of fused-ring (bicyclic) bond motifs is 1. The summed E-state index contributed by atoms with van der Waals surface area (Å²) < 4.78 is 34.4. The van der Waals surface area contributed by atoms with Gasteiger partial charge in [0.25, 0.3) is 0 Å². The number of amides is 1. The van der Waals surface area contributed by atoms with Crippen molar-refractivity contribution < 1.29 is 22.8 Å². The number of sulfone groups is 1. The SMILES string of the molecule is CCCCC1(CCCC)C[C@H](c2ccc(OCc3ccc(C[NH+]4CCN(CC)CC4)cc3)cc2)c2cc(N(C)C=O)ccc2S(=O)(=O)C1. The molecule has 0 radical (unpaired) electrons. The number of piperazine rings is 1. The van der Waals surface area contributed by atoms with Gasteiger partial charge in [0.15, 0.2) is 9.84 Å². The smallest absolute Gasteiger partial charge is 0.213 e. The van der Waals surface area contributed by atoms with E-state index in [0.29, 0.717) is 17.2 Å². The fourth-order valence-corrected chi connectivity index (χ4v) is 9.90. The third-order valence-electron chi connectivity index (χ3n) is 10.7. The molecule has 3 aromatic rings. The van der Waals surface area contributed by atoms with Crippen LogP contribution in [0.1, 0.15) is 93.9 Å². The molecule has 260 valence electrons. The van der Waals surface area contributed by atoms with E-state index < -0.39 is 9.84 Å². The highest BCUT2D eigenvalue weighted by Gasteiger charge is 2.43. The number of anilines is 1. The lowest BCUT2D eigenvalue weighted by Crippen LogP contribution is -3.13. The van der Waals surface area contributed by atoms with Gasteiger partial charge in [0.2, 0.25) is 6.41 Å². The van der Waals surface area contributed by atoms with Crippen molar-refractivity contribution in [3.63, 3.8) is 0 Å². The summed E-state index contributed by atoms with van der Waals surface area (Å²) in [7, 11) is -1.83. The Balaban J connectivity index is 1.35. The van der Waals surface area contributed by atoms with Gasteiger partial charge in [-0.05, 0) is 78.2 Å². The number of nitrogens with zero attached hydrogens (tertiary/aromatic N) is 2. The average Bonchev–Trinajstić information content (AvgIpc) is 3.21. The summed E-state index contributed by atoms with van der Waals surface area (Å²) in [4.78, 5) is 17.8. The first kappa shape index (κ1) is 36.1. The van der Waals surface area contributed by atoms with Gasteiger partial charge in [-0.1, -0.05) is 82.9 Å². The van der Waals surface area contributed by atoms with Crippen LogP contribution >= 0.6 is 0 Å². The summed E-state index contributed by atoms with van der Waals surface area (Å²) in [6.07, 6.45) is 7.40. The first-order chi connectivity index (χ1) is 23.2. The molecule has 2 heterocycles. The summed E-state index contributed by atoms with van der Waals surface area (Å²) in [5.74, 6) is 0.850. The van der Waals surface area contributed by atoms with Gasteiger partial charge in [-0.25, -0.2) is 8.42 Å². The number of ether oxygens (including phenoxy) is 1. The highest BCUT2D eigenvalue weighted by molar-refractivity contribution is 7.91. The van der Waals surface area contributed by atoms with Crippen molar-refractivity contribution in [2.75, 3.05) is 50.4 Å². The number of benzene rings is 3. The molecule has 8 heteroatoms. The number of unbranched alkanes of at least 4 members (excludes halogenated alkanes) is 2. The van der Waals surface area contributed by atoms with Crippen LogP contribution in [0.15, 0.2) is 71.6 Å². The molecule has 2 aliphatic rings. The normalized spacial score (nSPS) is 19.3. The fraction of sp³-hybridized carbons (Fsp3) is 0.525. The number of carbonyl (C=O) groups is 1. The highest BCUT2D eigenvalue weighted by atomic mass is 32.2. The molecule has 7 nitrogen and oxygen atoms in total. The predicted octanol–water partition coefficient (Wildman–Crippen LogP) is 6.25. The van der Waals surface area contributed by atoms with E-state index in [1.165, 1.54) is 36.6 Å². The lowest BCUT2D eigenvalue weighted by Gasteiger charge is -2.35. The maximum absolute atomic E-state index is 14.1. The number of hydrogen-bond acceptors (Lipinski definition) is 5. The zero-order valence-corrected chi connectivity index (χ0v) is 30.4. The second kappa shape index (κ2) is 16.5. The summed E-state index contributed by atoms with van der Waals surface area (Å²) in [6, 6.07) is 22.5. The summed E-state index contributed by atoms with van der Waals surface area (Å²) in [6.45, 7) is 14.1. The van der Waals surface area contributed by atoms with Crippen molar-refractivity contribution in [2.45, 2.75) is 89.7 Å². The Morgan fingerprint density at radius 3 is 2.17 bits per heavy atom. The van der Waals surface area contributed by atoms with Gasteiger partial charge < -0.3 is 14.5 Å². The van der Waals surface area contributed by atoms with E-state index in [9.17, 15) is 13.2 Å². The molecule has 48 heavy (non-hydrogen) atoms. The molecular weight excluding hydrogens is 619 g/mol. The molecule has 1 saturated heterocycles. The van der Waals surface area contributed by atoms with Crippen LogP contribution in [0.4, 0.5) is 5.69 Å². The molecule has 0 saturated carbocycles. The Bertz CT molecular complexity index is 1570. The molecule has 2 aliphatic heterocycles. The molecule has 0 spiro atoms. The third-order valence-corrected chi connectivity index (χ3v) is 12.7. The van der Waals surface area contributed by atoms with Gasteiger partial charge in [0, 0.05) is 37.3 Å². The zero-order valence-electron chi connectivity index (χ0n) is 29.5. The van der Waals surface area contributed by atoms with Crippen molar-refractivity contribution in [3.05, 3.63) is 89.0 Å². The fourth-order valence-electron chi connectivity index (χ4n) is 7.70. The monoisotopic (exact) mass is 674 g/mol. The van der Waals surface area contributed by atoms with Gasteiger partial charge in [-0.3, -0.25) is 9.69 Å². The van der Waals surface area contributed by atoms with E-state index in [-0.39, 0.29) is 17.1 Å². The molecule has 1 N–H and O–H groups in total. The Labute approximate surface area is 289 Å². The van der Waals surface area contributed by atoms with Crippen molar-refractivity contribution >= 4 is 21.9 Å². The molecule has 1 amide bonds. The molecule has 0 bridgehead atoms. The number of hydrogen-bond donors (Lipinski definition) is 1. The lowest BCUT2D eigenvalue weighted by atomic mass is 9.70. The topological polar surface area (TPSA) is 71.4 Å². The van der Waals surface area contributed by atoms with Crippen molar-refractivity contribution in [2.24, 2.45) is 5.41 Å². The van der Waals surface area contributed by atoms with Gasteiger partial charge >= 0.3 is 0 Å². The van der Waals surface area contributed by atoms with Crippen LogP contribution in [0.3, 0.4) is 0 Å². The van der Waals surface area contributed by atoms with E-state index >= 15 is 0 Å². The molecule has 0 aromatic heterocycles. The molecule has 1 atom stereocenters. The van der Waals surface area contributed by atoms with Gasteiger partial charge in [0.05, 0.1) is 23.7 Å². The first-order valence-electron chi connectivity index (χ1n) is 18.1. The highest BCUT2D eigenvalue weighted by Crippen LogP contribution is 2.50. The van der Waals surface area contributed by atoms with Crippen LogP contribution in [0, 0.1) is 5.41 Å². The van der Waals surface area contributed by atoms with Gasteiger partial charge in [-0.2, -0.15) is 0 Å². The Hall–Kier alpha value is -3.20. The minimum absolute atomic E-state index is 0.111. The quantitative estimate of drug-likeness (QED) is 0.193. The number of likely N-dealkylation sites (N-methyl/N-ethyl adjacent to an activating group) is 1. The van der Waals surface area contributed by atoms with Crippen LogP contribution in [-0.4, -0.2) is 65.3 Å². The van der Waals surface area contributed by atoms with Crippen LogP contribution in [0.5, 0.6) is 5.75 Å². The number of carbonyl (C=O) groups excluding carboxylic acids is 1. The number of nitrogens with one attached hydrogen (secondary N) is 1. The van der Waals surface area contributed by atoms with E-state index in [4.69, 9.17) is 4.74 Å². The van der Waals surface area contributed by atoms with Crippen LogP contribution in [-0.2, 0) is 27.8 Å². The second-order valence-corrected chi connectivity index (χ2v) is 16.2. The number of rotatable bonds is 15. The van der Waals surface area contributed by atoms with Crippen molar-refractivity contribution in [1.29, 1.82) is 0 Å². The summed E-state index contributed by atoms with van der Waals surface area (Å²) in [5.41, 5.74) is 4.77. The van der Waals surface area contributed by atoms with Crippen LogP contribution < -0.4 is 14.5 Å². The summed E-state index contributed by atoms with van der Waals surface area (Å²) in [5, 5.41) is 0. The number of quaternary nitrogens is 1. The lowest BCUT2D eigenvalue weighted by molar-refractivity contribution is -0.918. The Morgan fingerprint density at radius 2 is 1.56 bits per heavy atom. The third kappa shape index (κ3) is 8.87.